The zero-order valence-electron chi connectivity index (χ0n) is 13.8. The van der Waals surface area contributed by atoms with Crippen molar-refractivity contribution >= 4 is 33.0 Å². The van der Waals surface area contributed by atoms with E-state index >= 15 is 0 Å². The molecule has 4 rings (SSSR count). The highest BCUT2D eigenvalue weighted by molar-refractivity contribution is 7.89. The second-order valence-electron chi connectivity index (χ2n) is 6.47. The maximum absolute atomic E-state index is 12.8. The fraction of sp³-hybridized carbons (Fsp3) is 0.389. The molecule has 1 saturated heterocycles. The number of benzene rings is 1. The second kappa shape index (κ2) is 6.55. The fourth-order valence-electron chi connectivity index (χ4n) is 3.55. The first-order valence-corrected chi connectivity index (χ1v) is 10.9. The lowest BCUT2D eigenvalue weighted by atomic mass is 10.2. The first-order chi connectivity index (χ1) is 12.1. The molecule has 2 aliphatic rings. The third-order valence-electron chi connectivity index (χ3n) is 4.91. The summed E-state index contributed by atoms with van der Waals surface area (Å²) >= 11 is 1.50. The maximum atomic E-state index is 12.8. The minimum atomic E-state index is -3.43. The van der Waals surface area contributed by atoms with Crippen LogP contribution in [-0.4, -0.2) is 38.3 Å². The van der Waals surface area contributed by atoms with Gasteiger partial charge in [0.15, 0.2) is 0 Å². The SMILES string of the molecule is O=C(c1ccsc1)N1CCc2cc(S(=O)(=O)N3CCCCC3)ccc21. The first-order valence-electron chi connectivity index (χ1n) is 8.54. The Morgan fingerprint density at radius 2 is 1.84 bits per heavy atom. The summed E-state index contributed by atoms with van der Waals surface area (Å²) in [5.41, 5.74) is 2.44. The van der Waals surface area contributed by atoms with Crippen molar-refractivity contribution in [1.29, 1.82) is 0 Å². The lowest BCUT2D eigenvalue weighted by molar-refractivity contribution is 0.0990. The van der Waals surface area contributed by atoms with Crippen LogP contribution in [0.15, 0.2) is 39.9 Å². The van der Waals surface area contributed by atoms with Crippen molar-refractivity contribution in [3.05, 3.63) is 46.2 Å². The van der Waals surface area contributed by atoms with E-state index in [2.05, 4.69) is 0 Å². The molecule has 1 fully saturated rings. The Hall–Kier alpha value is -1.70. The summed E-state index contributed by atoms with van der Waals surface area (Å²) in [4.78, 5) is 14.7. The summed E-state index contributed by atoms with van der Waals surface area (Å²) in [5, 5.41) is 3.73. The number of carbonyl (C=O) groups is 1. The molecule has 0 N–H and O–H groups in total. The van der Waals surface area contributed by atoms with Gasteiger partial charge in [-0.3, -0.25) is 4.79 Å². The van der Waals surface area contributed by atoms with Gasteiger partial charge in [-0.1, -0.05) is 6.42 Å². The number of thiophene rings is 1. The molecule has 0 saturated carbocycles. The monoisotopic (exact) mass is 376 g/mol. The molecule has 7 heteroatoms. The van der Waals surface area contributed by atoms with Gasteiger partial charge in [0.1, 0.15) is 0 Å². The molecule has 1 aromatic heterocycles. The quantitative estimate of drug-likeness (QED) is 0.827. The van der Waals surface area contributed by atoms with Gasteiger partial charge in [-0.2, -0.15) is 15.6 Å². The number of rotatable bonds is 3. The standard InChI is InChI=1S/C18H20N2O3S2/c21-18(15-7-11-24-13-15)20-10-6-14-12-16(4-5-17(14)20)25(22,23)19-8-2-1-3-9-19/h4-5,7,11-13H,1-3,6,8-10H2. The Kier molecular flexibility index (Phi) is 4.39. The average molecular weight is 377 g/mol. The molecule has 1 aromatic carbocycles. The van der Waals surface area contributed by atoms with Crippen molar-refractivity contribution in [2.75, 3.05) is 24.5 Å². The molecule has 2 aliphatic heterocycles. The van der Waals surface area contributed by atoms with E-state index in [-0.39, 0.29) is 5.91 Å². The van der Waals surface area contributed by atoms with Crippen molar-refractivity contribution in [1.82, 2.24) is 4.31 Å². The van der Waals surface area contributed by atoms with Crippen LogP contribution in [0.5, 0.6) is 0 Å². The van der Waals surface area contributed by atoms with Crippen LogP contribution in [-0.2, 0) is 16.4 Å². The number of fused-ring (bicyclic) bond motifs is 1. The highest BCUT2D eigenvalue weighted by Crippen LogP contribution is 2.32. The molecule has 3 heterocycles. The van der Waals surface area contributed by atoms with Crippen LogP contribution in [0, 0.1) is 0 Å². The molecule has 0 unspecified atom stereocenters. The number of nitrogens with zero attached hydrogens (tertiary/aromatic N) is 2. The van der Waals surface area contributed by atoms with Crippen LogP contribution in [0.2, 0.25) is 0 Å². The molecule has 0 spiro atoms. The molecule has 132 valence electrons. The molecule has 1 amide bonds. The van der Waals surface area contributed by atoms with Gasteiger partial charge in [-0.15, -0.1) is 0 Å². The Bertz CT molecular complexity index is 885. The van der Waals surface area contributed by atoms with Gasteiger partial charge < -0.3 is 4.90 Å². The highest BCUT2D eigenvalue weighted by Gasteiger charge is 2.30. The van der Waals surface area contributed by atoms with Crippen molar-refractivity contribution < 1.29 is 13.2 Å². The minimum Gasteiger partial charge on any atom is -0.308 e. The van der Waals surface area contributed by atoms with Gasteiger partial charge in [-0.25, -0.2) is 8.42 Å². The van der Waals surface area contributed by atoms with Crippen molar-refractivity contribution in [2.24, 2.45) is 0 Å². The van der Waals surface area contributed by atoms with E-state index in [1.165, 1.54) is 11.3 Å². The zero-order valence-corrected chi connectivity index (χ0v) is 15.5. The number of sulfonamides is 1. The number of hydrogen-bond acceptors (Lipinski definition) is 4. The van der Waals surface area contributed by atoms with E-state index in [0.717, 1.165) is 30.5 Å². The van der Waals surface area contributed by atoms with E-state index in [1.54, 1.807) is 27.4 Å². The third kappa shape index (κ3) is 3.01. The number of piperidine rings is 1. The van der Waals surface area contributed by atoms with Gasteiger partial charge in [0.2, 0.25) is 10.0 Å². The number of anilines is 1. The van der Waals surface area contributed by atoms with Crippen LogP contribution in [0.25, 0.3) is 0 Å². The summed E-state index contributed by atoms with van der Waals surface area (Å²) in [6, 6.07) is 6.99. The lowest BCUT2D eigenvalue weighted by Gasteiger charge is -2.26. The van der Waals surface area contributed by atoms with Gasteiger partial charge in [0, 0.05) is 30.7 Å². The summed E-state index contributed by atoms with van der Waals surface area (Å²) in [6.07, 6.45) is 3.63. The van der Waals surface area contributed by atoms with E-state index in [4.69, 9.17) is 0 Å². The van der Waals surface area contributed by atoms with Crippen molar-refractivity contribution in [3.63, 3.8) is 0 Å². The summed E-state index contributed by atoms with van der Waals surface area (Å²) in [7, 11) is -3.43. The molecule has 2 aromatic rings. The zero-order chi connectivity index (χ0) is 17.4. The largest absolute Gasteiger partial charge is 0.308 e. The van der Waals surface area contributed by atoms with Crippen LogP contribution in [0.4, 0.5) is 5.69 Å². The Balaban J connectivity index is 1.62. The minimum absolute atomic E-state index is 0.0216. The van der Waals surface area contributed by atoms with Crippen LogP contribution in [0.1, 0.15) is 35.2 Å². The summed E-state index contributed by atoms with van der Waals surface area (Å²) in [5.74, 6) is -0.0216. The van der Waals surface area contributed by atoms with Crippen molar-refractivity contribution in [2.45, 2.75) is 30.6 Å². The molecule has 0 bridgehead atoms. The Morgan fingerprint density at radius 1 is 1.04 bits per heavy atom. The maximum Gasteiger partial charge on any atom is 0.259 e. The van der Waals surface area contributed by atoms with Crippen LogP contribution >= 0.6 is 11.3 Å². The fourth-order valence-corrected chi connectivity index (χ4v) is 5.74. The predicted octanol–water partition coefficient (Wildman–Crippen LogP) is 3.13. The molecule has 0 aliphatic carbocycles. The van der Waals surface area contributed by atoms with Gasteiger partial charge >= 0.3 is 0 Å². The number of hydrogen-bond donors (Lipinski definition) is 0. The Morgan fingerprint density at radius 3 is 2.56 bits per heavy atom. The smallest absolute Gasteiger partial charge is 0.259 e. The summed E-state index contributed by atoms with van der Waals surface area (Å²) in [6.45, 7) is 1.79. The predicted molar refractivity (Wildman–Crippen MR) is 98.8 cm³/mol. The van der Waals surface area contributed by atoms with Crippen LogP contribution in [0.3, 0.4) is 0 Å². The molecular formula is C18H20N2O3S2. The van der Waals surface area contributed by atoms with Gasteiger partial charge in [-0.05, 0) is 54.5 Å². The number of carbonyl (C=O) groups excluding carboxylic acids is 1. The van der Waals surface area contributed by atoms with Crippen LogP contribution < -0.4 is 4.90 Å². The van der Waals surface area contributed by atoms with Gasteiger partial charge in [0.05, 0.1) is 10.5 Å². The second-order valence-corrected chi connectivity index (χ2v) is 9.19. The third-order valence-corrected chi connectivity index (χ3v) is 7.49. The lowest BCUT2D eigenvalue weighted by Crippen LogP contribution is -2.35. The molecule has 0 atom stereocenters. The highest BCUT2D eigenvalue weighted by atomic mass is 32.2. The molecule has 5 nitrogen and oxygen atoms in total. The normalized spacial score (nSPS) is 18.3. The molecule has 0 radical (unpaired) electrons. The van der Waals surface area contributed by atoms with E-state index in [0.29, 0.717) is 36.5 Å². The van der Waals surface area contributed by atoms with E-state index in [1.807, 2.05) is 16.8 Å². The number of amides is 1. The molecule has 25 heavy (non-hydrogen) atoms. The van der Waals surface area contributed by atoms with E-state index < -0.39 is 10.0 Å². The van der Waals surface area contributed by atoms with Gasteiger partial charge in [0.25, 0.3) is 5.91 Å². The van der Waals surface area contributed by atoms with Crippen molar-refractivity contribution in [3.8, 4) is 0 Å². The first kappa shape index (κ1) is 16.8. The average Bonchev–Trinajstić information content (AvgIpc) is 3.31. The summed E-state index contributed by atoms with van der Waals surface area (Å²) < 4.78 is 27.3. The molecular weight excluding hydrogens is 356 g/mol. The topological polar surface area (TPSA) is 57.7 Å². The van der Waals surface area contributed by atoms with E-state index in [9.17, 15) is 13.2 Å². The Labute approximate surface area is 151 Å².